The highest BCUT2D eigenvalue weighted by Crippen LogP contribution is 2.30. The summed E-state index contributed by atoms with van der Waals surface area (Å²) in [5.41, 5.74) is 0.767. The summed E-state index contributed by atoms with van der Waals surface area (Å²) in [5.74, 6) is 0.873. The molecule has 2 aromatic carbocycles. The highest BCUT2D eigenvalue weighted by molar-refractivity contribution is 5.95. The fraction of sp³-hybridized carbons (Fsp3) is 0.250. The molecule has 5 heteroatoms. The maximum Gasteiger partial charge on any atom is 0.258 e. The number of halogens is 1. The van der Waals surface area contributed by atoms with Gasteiger partial charge in [-0.2, -0.15) is 4.98 Å². The molecular formula is C16H14FN3O. The van der Waals surface area contributed by atoms with Crippen molar-refractivity contribution in [1.82, 2.24) is 15.5 Å². The quantitative estimate of drug-likeness (QED) is 0.782. The summed E-state index contributed by atoms with van der Waals surface area (Å²) in [6.07, 6.45) is 2.14. The predicted octanol–water partition coefficient (Wildman–Crippen LogP) is 3.45. The largest absolute Gasteiger partial charge is 0.334 e. The molecule has 1 aromatic heterocycles. The van der Waals surface area contributed by atoms with Crippen LogP contribution in [0.1, 0.15) is 24.7 Å². The Bertz CT molecular complexity index is 793. The molecule has 1 unspecified atom stereocenters. The second-order valence-electron chi connectivity index (χ2n) is 5.25. The molecule has 1 aliphatic rings. The van der Waals surface area contributed by atoms with Gasteiger partial charge in [-0.25, -0.2) is 4.39 Å². The second-order valence-corrected chi connectivity index (χ2v) is 5.25. The number of hydrogen-bond donors (Lipinski definition) is 1. The average Bonchev–Trinajstić information content (AvgIpc) is 3.19. The van der Waals surface area contributed by atoms with Crippen molar-refractivity contribution in [3.05, 3.63) is 48.0 Å². The molecule has 0 amide bonds. The second kappa shape index (κ2) is 4.93. The first-order chi connectivity index (χ1) is 10.3. The summed E-state index contributed by atoms with van der Waals surface area (Å²) in [7, 11) is 0. The van der Waals surface area contributed by atoms with E-state index < -0.39 is 0 Å². The highest BCUT2D eigenvalue weighted by Gasteiger charge is 2.22. The van der Waals surface area contributed by atoms with Crippen LogP contribution in [0, 0.1) is 5.82 Å². The van der Waals surface area contributed by atoms with Crippen molar-refractivity contribution < 1.29 is 8.91 Å². The third kappa shape index (κ3) is 2.10. The van der Waals surface area contributed by atoms with E-state index in [0.717, 1.165) is 30.3 Å². The monoisotopic (exact) mass is 283 g/mol. The molecule has 1 fully saturated rings. The molecule has 1 saturated heterocycles. The first-order valence-corrected chi connectivity index (χ1v) is 7.07. The van der Waals surface area contributed by atoms with Crippen molar-refractivity contribution in [3.8, 4) is 11.5 Å². The van der Waals surface area contributed by atoms with Crippen LogP contribution in [0.3, 0.4) is 0 Å². The van der Waals surface area contributed by atoms with Gasteiger partial charge in [-0.1, -0.05) is 29.4 Å². The SMILES string of the molecule is Fc1ccc(-c2nc(C3CCCN3)no2)c2ccccc12. The summed E-state index contributed by atoms with van der Waals surface area (Å²) >= 11 is 0. The Hall–Kier alpha value is -2.27. The topological polar surface area (TPSA) is 51.0 Å². The van der Waals surface area contributed by atoms with E-state index in [1.807, 2.05) is 18.2 Å². The minimum absolute atomic E-state index is 0.161. The number of nitrogens with zero attached hydrogens (tertiary/aromatic N) is 2. The van der Waals surface area contributed by atoms with Crippen molar-refractivity contribution in [3.63, 3.8) is 0 Å². The number of aromatic nitrogens is 2. The van der Waals surface area contributed by atoms with Crippen LogP contribution in [0.25, 0.3) is 22.2 Å². The molecule has 4 nitrogen and oxygen atoms in total. The number of benzene rings is 2. The van der Waals surface area contributed by atoms with Gasteiger partial charge in [0.05, 0.1) is 6.04 Å². The maximum absolute atomic E-state index is 13.9. The third-order valence-corrected chi connectivity index (χ3v) is 3.91. The normalized spacial score (nSPS) is 18.4. The van der Waals surface area contributed by atoms with Crippen molar-refractivity contribution in [2.75, 3.05) is 6.54 Å². The molecule has 3 aromatic rings. The molecule has 21 heavy (non-hydrogen) atoms. The average molecular weight is 283 g/mol. The van der Waals surface area contributed by atoms with E-state index in [0.29, 0.717) is 17.1 Å². The lowest BCUT2D eigenvalue weighted by Gasteiger charge is -2.04. The van der Waals surface area contributed by atoms with Crippen LogP contribution in [0.4, 0.5) is 4.39 Å². The lowest BCUT2D eigenvalue weighted by Crippen LogP contribution is -2.14. The first kappa shape index (κ1) is 12.5. The van der Waals surface area contributed by atoms with Gasteiger partial charge in [0, 0.05) is 10.9 Å². The molecule has 0 saturated carbocycles. The van der Waals surface area contributed by atoms with Gasteiger partial charge >= 0.3 is 0 Å². The molecule has 0 radical (unpaired) electrons. The summed E-state index contributed by atoms with van der Waals surface area (Å²) in [4.78, 5) is 4.48. The van der Waals surface area contributed by atoms with Gasteiger partial charge in [-0.15, -0.1) is 0 Å². The molecular weight excluding hydrogens is 269 g/mol. The third-order valence-electron chi connectivity index (χ3n) is 3.91. The van der Waals surface area contributed by atoms with Gasteiger partial charge in [-0.3, -0.25) is 0 Å². The lowest BCUT2D eigenvalue weighted by atomic mass is 10.0. The fourth-order valence-corrected chi connectivity index (χ4v) is 2.84. The minimum atomic E-state index is -0.244. The Labute approximate surface area is 121 Å². The van der Waals surface area contributed by atoms with Crippen LogP contribution < -0.4 is 5.32 Å². The Morgan fingerprint density at radius 3 is 2.81 bits per heavy atom. The standard InChI is InChI=1S/C16H14FN3O/c17-13-8-7-12(10-4-1-2-5-11(10)13)16-19-15(20-21-16)14-6-3-9-18-14/h1-2,4-5,7-8,14,18H,3,6,9H2. The Morgan fingerprint density at radius 2 is 2.00 bits per heavy atom. The smallest absolute Gasteiger partial charge is 0.258 e. The Morgan fingerprint density at radius 1 is 1.14 bits per heavy atom. The summed E-state index contributed by atoms with van der Waals surface area (Å²) in [6, 6.07) is 10.6. The molecule has 1 aliphatic heterocycles. The molecule has 1 atom stereocenters. The molecule has 1 N–H and O–H groups in total. The van der Waals surface area contributed by atoms with E-state index >= 15 is 0 Å². The number of rotatable bonds is 2. The van der Waals surface area contributed by atoms with E-state index in [1.165, 1.54) is 6.07 Å². The van der Waals surface area contributed by atoms with Crippen LogP contribution in [0.2, 0.25) is 0 Å². The van der Waals surface area contributed by atoms with Crippen LogP contribution in [-0.2, 0) is 0 Å². The number of fused-ring (bicyclic) bond motifs is 1. The summed E-state index contributed by atoms with van der Waals surface area (Å²) in [5, 5.41) is 8.75. The van der Waals surface area contributed by atoms with Crippen LogP contribution >= 0.6 is 0 Å². The van der Waals surface area contributed by atoms with Crippen molar-refractivity contribution in [1.29, 1.82) is 0 Å². The predicted molar refractivity (Wildman–Crippen MR) is 77.2 cm³/mol. The van der Waals surface area contributed by atoms with E-state index in [9.17, 15) is 4.39 Å². The molecule has 0 spiro atoms. The first-order valence-electron chi connectivity index (χ1n) is 7.07. The molecule has 2 heterocycles. The van der Waals surface area contributed by atoms with E-state index in [4.69, 9.17) is 4.52 Å². The number of hydrogen-bond acceptors (Lipinski definition) is 4. The van der Waals surface area contributed by atoms with Gasteiger partial charge in [0.1, 0.15) is 5.82 Å². The summed E-state index contributed by atoms with van der Waals surface area (Å²) < 4.78 is 19.2. The molecule has 0 aliphatic carbocycles. The molecule has 0 bridgehead atoms. The Balaban J connectivity index is 1.81. The van der Waals surface area contributed by atoms with Gasteiger partial charge < -0.3 is 9.84 Å². The van der Waals surface area contributed by atoms with Gasteiger partial charge in [0.25, 0.3) is 5.89 Å². The number of nitrogens with one attached hydrogen (secondary N) is 1. The zero-order chi connectivity index (χ0) is 14.2. The van der Waals surface area contributed by atoms with Gasteiger partial charge in [0.15, 0.2) is 5.82 Å². The fourth-order valence-electron chi connectivity index (χ4n) is 2.84. The van der Waals surface area contributed by atoms with Crippen LogP contribution in [0.15, 0.2) is 40.9 Å². The molecule has 4 rings (SSSR count). The van der Waals surface area contributed by atoms with E-state index in [-0.39, 0.29) is 11.9 Å². The van der Waals surface area contributed by atoms with Crippen molar-refractivity contribution in [2.45, 2.75) is 18.9 Å². The maximum atomic E-state index is 13.9. The zero-order valence-corrected chi connectivity index (χ0v) is 11.3. The zero-order valence-electron chi connectivity index (χ0n) is 11.3. The summed E-state index contributed by atoms with van der Waals surface area (Å²) in [6.45, 7) is 0.980. The van der Waals surface area contributed by atoms with E-state index in [1.54, 1.807) is 12.1 Å². The molecule has 106 valence electrons. The Kier molecular flexibility index (Phi) is 2.93. The van der Waals surface area contributed by atoms with Gasteiger partial charge in [0.2, 0.25) is 0 Å². The highest BCUT2D eigenvalue weighted by atomic mass is 19.1. The van der Waals surface area contributed by atoms with Crippen molar-refractivity contribution >= 4 is 10.8 Å². The van der Waals surface area contributed by atoms with Gasteiger partial charge in [-0.05, 0) is 36.9 Å². The lowest BCUT2D eigenvalue weighted by molar-refractivity contribution is 0.412. The van der Waals surface area contributed by atoms with E-state index in [2.05, 4.69) is 15.5 Å². The minimum Gasteiger partial charge on any atom is -0.334 e. The van der Waals surface area contributed by atoms with Crippen LogP contribution in [0.5, 0.6) is 0 Å². The van der Waals surface area contributed by atoms with Crippen LogP contribution in [-0.4, -0.2) is 16.7 Å². The van der Waals surface area contributed by atoms with Crippen molar-refractivity contribution in [2.24, 2.45) is 0 Å².